The van der Waals surface area contributed by atoms with Gasteiger partial charge in [0.2, 0.25) is 0 Å². The van der Waals surface area contributed by atoms with Crippen molar-refractivity contribution in [1.29, 1.82) is 0 Å². The van der Waals surface area contributed by atoms with Crippen LogP contribution in [0.3, 0.4) is 0 Å². The molecule has 5 nitrogen and oxygen atoms in total. The Bertz CT molecular complexity index is 715. The molecule has 138 valence electrons. The number of carbonyl (C=O) groups excluding carboxylic acids is 1. The molecule has 0 atom stereocenters. The van der Waals surface area contributed by atoms with Gasteiger partial charge in [0.1, 0.15) is 5.56 Å². The lowest BCUT2D eigenvalue weighted by molar-refractivity contribution is -0.139. The predicted octanol–water partition coefficient (Wildman–Crippen LogP) is 3.53. The van der Waals surface area contributed by atoms with Crippen LogP contribution in [-0.2, 0) is 22.2 Å². The summed E-state index contributed by atoms with van der Waals surface area (Å²) < 4.78 is 53.0. The molecule has 2 saturated carbocycles. The molecule has 0 amide bonds. The van der Waals surface area contributed by atoms with Gasteiger partial charge in [-0.15, -0.1) is 0 Å². The maximum atomic E-state index is 13.7. The molecule has 8 heteroatoms. The molecule has 0 radical (unpaired) electrons. The smallest absolute Gasteiger partial charge is 0.420 e. The Morgan fingerprint density at radius 3 is 2.56 bits per heavy atom. The lowest BCUT2D eigenvalue weighted by Crippen LogP contribution is -2.46. The summed E-state index contributed by atoms with van der Waals surface area (Å²) in [7, 11) is 0. The Morgan fingerprint density at radius 2 is 2.08 bits per heavy atom. The minimum absolute atomic E-state index is 0.0137. The monoisotopic (exact) mass is 358 g/mol. The van der Waals surface area contributed by atoms with Crippen LogP contribution in [0.15, 0.2) is 0 Å². The molecule has 0 unspecified atom stereocenters. The van der Waals surface area contributed by atoms with Crippen molar-refractivity contribution in [3.63, 3.8) is 0 Å². The zero-order valence-corrected chi connectivity index (χ0v) is 14.3. The van der Waals surface area contributed by atoms with Crippen LogP contribution >= 0.6 is 0 Å². The van der Waals surface area contributed by atoms with E-state index in [-0.39, 0.29) is 30.2 Å². The standard InChI is InChI=1S/C17H21F3N2O3/c1-3-24-14(23)13-11(17(18,19)20)12(10-4-5-10)21-22(13)8-16-6-15(2,7-16)9-25-16/h10H,3-9H2,1-2H3. The van der Waals surface area contributed by atoms with Gasteiger partial charge in [0, 0.05) is 5.92 Å². The summed E-state index contributed by atoms with van der Waals surface area (Å²) in [6.07, 6.45) is -1.74. The van der Waals surface area contributed by atoms with Crippen molar-refractivity contribution in [3.05, 3.63) is 17.0 Å². The summed E-state index contributed by atoms with van der Waals surface area (Å²) in [5.41, 5.74) is -1.83. The average Bonchev–Trinajstić information content (AvgIpc) is 3.07. The zero-order chi connectivity index (χ0) is 18.0. The van der Waals surface area contributed by atoms with Crippen LogP contribution in [0.5, 0.6) is 0 Å². The Kier molecular flexibility index (Phi) is 3.52. The molecule has 25 heavy (non-hydrogen) atoms. The van der Waals surface area contributed by atoms with Gasteiger partial charge in [0.05, 0.1) is 31.1 Å². The number of esters is 1. The summed E-state index contributed by atoms with van der Waals surface area (Å²) in [5.74, 6) is -1.19. The maximum absolute atomic E-state index is 13.7. The second kappa shape index (κ2) is 5.22. The van der Waals surface area contributed by atoms with E-state index < -0.39 is 29.0 Å². The van der Waals surface area contributed by atoms with Crippen LogP contribution in [-0.4, -0.2) is 34.6 Å². The van der Waals surface area contributed by atoms with Gasteiger partial charge < -0.3 is 9.47 Å². The first-order valence-corrected chi connectivity index (χ1v) is 8.65. The second-order valence-electron chi connectivity index (χ2n) is 7.89. The summed E-state index contributed by atoms with van der Waals surface area (Å²) in [4.78, 5) is 12.3. The van der Waals surface area contributed by atoms with Gasteiger partial charge in [0.25, 0.3) is 0 Å². The third kappa shape index (κ3) is 2.74. The summed E-state index contributed by atoms with van der Waals surface area (Å²) in [5, 5.41) is 4.21. The number of fused-ring (bicyclic) bond motifs is 1. The van der Waals surface area contributed by atoms with Gasteiger partial charge in [-0.05, 0) is 38.0 Å². The number of ether oxygens (including phenoxy) is 2. The fourth-order valence-electron chi connectivity index (χ4n) is 4.39. The van der Waals surface area contributed by atoms with Crippen LogP contribution in [0.1, 0.15) is 67.2 Å². The fraction of sp³-hybridized carbons (Fsp3) is 0.765. The van der Waals surface area contributed by atoms with E-state index in [1.54, 1.807) is 6.92 Å². The molecule has 2 bridgehead atoms. The van der Waals surface area contributed by atoms with Crippen molar-refractivity contribution in [3.8, 4) is 0 Å². The van der Waals surface area contributed by atoms with E-state index in [9.17, 15) is 18.0 Å². The van der Waals surface area contributed by atoms with Crippen LogP contribution in [0.4, 0.5) is 13.2 Å². The number of alkyl halides is 3. The van der Waals surface area contributed by atoms with E-state index in [0.29, 0.717) is 19.4 Å². The third-order valence-corrected chi connectivity index (χ3v) is 5.36. The molecule has 4 fully saturated rings. The Hall–Kier alpha value is -1.57. The normalized spacial score (nSPS) is 31.1. The topological polar surface area (TPSA) is 53.3 Å². The second-order valence-corrected chi connectivity index (χ2v) is 7.89. The first-order valence-electron chi connectivity index (χ1n) is 8.65. The van der Waals surface area contributed by atoms with Gasteiger partial charge in [-0.25, -0.2) is 4.79 Å². The van der Waals surface area contributed by atoms with Crippen LogP contribution < -0.4 is 0 Å². The molecular weight excluding hydrogens is 337 g/mol. The zero-order valence-electron chi connectivity index (χ0n) is 14.3. The Balaban J connectivity index is 1.76. The minimum atomic E-state index is -4.64. The minimum Gasteiger partial charge on any atom is -0.461 e. The average molecular weight is 358 g/mol. The van der Waals surface area contributed by atoms with Crippen LogP contribution in [0.2, 0.25) is 0 Å². The van der Waals surface area contributed by atoms with Crippen molar-refractivity contribution in [2.24, 2.45) is 5.41 Å². The van der Waals surface area contributed by atoms with Gasteiger partial charge in [0.15, 0.2) is 5.69 Å². The highest BCUT2D eigenvalue weighted by Gasteiger charge is 2.60. The fourth-order valence-corrected chi connectivity index (χ4v) is 4.39. The number of nitrogens with zero attached hydrogens (tertiary/aromatic N) is 2. The van der Waals surface area contributed by atoms with Crippen LogP contribution in [0.25, 0.3) is 0 Å². The number of halogens is 3. The number of carbonyl (C=O) groups is 1. The Labute approximate surface area is 143 Å². The summed E-state index contributed by atoms with van der Waals surface area (Å²) in [6.45, 7) is 4.45. The van der Waals surface area contributed by atoms with E-state index in [1.807, 2.05) is 0 Å². The van der Waals surface area contributed by atoms with Crippen molar-refractivity contribution in [2.75, 3.05) is 13.2 Å². The number of rotatable bonds is 5. The van der Waals surface area contributed by atoms with E-state index in [1.165, 1.54) is 4.68 Å². The molecule has 5 rings (SSSR count). The summed E-state index contributed by atoms with van der Waals surface area (Å²) >= 11 is 0. The number of hydrogen-bond acceptors (Lipinski definition) is 4. The molecule has 1 aromatic heterocycles. The third-order valence-electron chi connectivity index (χ3n) is 5.36. The largest absolute Gasteiger partial charge is 0.461 e. The van der Waals surface area contributed by atoms with Gasteiger partial charge in [-0.1, -0.05) is 6.92 Å². The molecule has 0 spiro atoms. The van der Waals surface area contributed by atoms with Gasteiger partial charge in [-0.3, -0.25) is 4.68 Å². The predicted molar refractivity (Wildman–Crippen MR) is 81.2 cm³/mol. The number of hydrogen-bond donors (Lipinski definition) is 0. The van der Waals surface area contributed by atoms with E-state index >= 15 is 0 Å². The first kappa shape index (κ1) is 16.9. The maximum Gasteiger partial charge on any atom is 0.420 e. The molecular formula is C17H21F3N2O3. The Morgan fingerprint density at radius 1 is 1.40 bits per heavy atom. The molecule has 2 aliphatic heterocycles. The van der Waals surface area contributed by atoms with E-state index in [0.717, 1.165) is 12.8 Å². The molecule has 0 N–H and O–H groups in total. The van der Waals surface area contributed by atoms with Crippen molar-refractivity contribution in [2.45, 2.75) is 63.8 Å². The number of aromatic nitrogens is 2. The van der Waals surface area contributed by atoms with Gasteiger partial charge in [-0.2, -0.15) is 18.3 Å². The van der Waals surface area contributed by atoms with Crippen molar-refractivity contribution >= 4 is 5.97 Å². The highest BCUT2D eigenvalue weighted by Crippen LogP contribution is 2.58. The van der Waals surface area contributed by atoms with E-state index in [2.05, 4.69) is 12.0 Å². The van der Waals surface area contributed by atoms with Gasteiger partial charge >= 0.3 is 12.1 Å². The summed E-state index contributed by atoms with van der Waals surface area (Å²) in [6, 6.07) is 0. The highest BCUT2D eigenvalue weighted by atomic mass is 19.4. The van der Waals surface area contributed by atoms with Crippen molar-refractivity contribution < 1.29 is 27.4 Å². The molecule has 1 aromatic rings. The molecule has 0 aromatic carbocycles. The quantitative estimate of drug-likeness (QED) is 0.756. The molecule has 2 saturated heterocycles. The SMILES string of the molecule is CCOC(=O)c1c(C(F)(F)F)c(C2CC2)nn1CC12CC(C)(CO1)C2. The molecule has 2 aliphatic carbocycles. The lowest BCUT2D eigenvalue weighted by atomic mass is 9.64. The first-order chi connectivity index (χ1) is 11.7. The highest BCUT2D eigenvalue weighted by molar-refractivity contribution is 5.90. The lowest BCUT2D eigenvalue weighted by Gasteiger charge is -2.42. The molecule has 3 heterocycles. The van der Waals surface area contributed by atoms with Crippen LogP contribution in [0, 0.1) is 5.41 Å². The van der Waals surface area contributed by atoms with E-state index in [4.69, 9.17) is 9.47 Å². The molecule has 4 aliphatic rings. The van der Waals surface area contributed by atoms with Crippen molar-refractivity contribution in [1.82, 2.24) is 9.78 Å².